The van der Waals surface area contributed by atoms with Gasteiger partial charge in [-0.25, -0.2) is 0 Å². The lowest BCUT2D eigenvalue weighted by Crippen LogP contribution is -2.49. The summed E-state index contributed by atoms with van der Waals surface area (Å²) in [4.78, 5) is 14.3. The molecule has 0 saturated carbocycles. The van der Waals surface area contributed by atoms with Crippen LogP contribution in [0.15, 0.2) is 10.6 Å². The number of hydrogen-bond donors (Lipinski definition) is 1. The van der Waals surface area contributed by atoms with E-state index in [1.807, 2.05) is 18.7 Å². The van der Waals surface area contributed by atoms with Crippen molar-refractivity contribution in [3.8, 4) is 0 Å². The van der Waals surface area contributed by atoms with Crippen LogP contribution < -0.4 is 5.73 Å². The Morgan fingerprint density at radius 1 is 1.63 bits per heavy atom. The third-order valence-electron chi connectivity index (χ3n) is 3.84. The van der Waals surface area contributed by atoms with Crippen LogP contribution in [0.5, 0.6) is 0 Å². The number of nitrogens with zero attached hydrogens (tertiary/aromatic N) is 2. The van der Waals surface area contributed by atoms with E-state index < -0.39 is 0 Å². The molecule has 1 saturated heterocycles. The summed E-state index contributed by atoms with van der Waals surface area (Å²) in [5.74, 6) is 1.13. The minimum absolute atomic E-state index is 0.0817. The Hall–Kier alpha value is -1.36. The maximum Gasteiger partial charge on any atom is 0.292 e. The minimum atomic E-state index is -0.0817. The number of rotatable bonds is 3. The number of nitrogens with two attached hydrogens (primary N) is 1. The molecule has 106 valence electrons. The molecule has 2 rings (SSSR count). The lowest BCUT2D eigenvalue weighted by molar-refractivity contribution is 0.0532. The van der Waals surface area contributed by atoms with Crippen molar-refractivity contribution < 1.29 is 9.32 Å². The van der Waals surface area contributed by atoms with Crippen LogP contribution in [0.4, 0.5) is 0 Å². The Kier molecular flexibility index (Phi) is 4.24. The molecule has 19 heavy (non-hydrogen) atoms. The van der Waals surface area contributed by atoms with E-state index in [0.29, 0.717) is 18.2 Å². The highest BCUT2D eigenvalue weighted by Crippen LogP contribution is 2.24. The van der Waals surface area contributed by atoms with Gasteiger partial charge in [0.05, 0.1) is 5.69 Å². The van der Waals surface area contributed by atoms with Crippen LogP contribution in [0.1, 0.15) is 55.8 Å². The molecule has 1 fully saturated rings. The first-order chi connectivity index (χ1) is 9.02. The van der Waals surface area contributed by atoms with Gasteiger partial charge in [0.25, 0.3) is 5.91 Å². The third-order valence-corrected chi connectivity index (χ3v) is 3.84. The molecular weight excluding hydrogens is 242 g/mol. The smallest absolute Gasteiger partial charge is 0.292 e. The molecule has 5 nitrogen and oxygen atoms in total. The van der Waals surface area contributed by atoms with E-state index in [1.54, 1.807) is 6.07 Å². The highest BCUT2D eigenvalue weighted by molar-refractivity contribution is 5.91. The van der Waals surface area contributed by atoms with Gasteiger partial charge in [0.1, 0.15) is 0 Å². The molecule has 0 bridgehead atoms. The standard InChI is InChI=1S/C14H23N3O2/c1-9(2)12-7-13(19-16-12)14(18)17-5-4-10(3)6-11(17)8-15/h7,9-11H,4-6,8,15H2,1-3H3. The number of hydrogen-bond acceptors (Lipinski definition) is 4. The Balaban J connectivity index is 2.13. The van der Waals surface area contributed by atoms with Crippen LogP contribution >= 0.6 is 0 Å². The molecule has 0 aromatic carbocycles. The van der Waals surface area contributed by atoms with Crippen molar-refractivity contribution in [3.05, 3.63) is 17.5 Å². The van der Waals surface area contributed by atoms with Crippen molar-refractivity contribution >= 4 is 5.91 Å². The molecule has 5 heteroatoms. The summed E-state index contributed by atoms with van der Waals surface area (Å²) in [6, 6.07) is 1.86. The second-order valence-electron chi connectivity index (χ2n) is 5.79. The van der Waals surface area contributed by atoms with Crippen molar-refractivity contribution in [2.45, 2.75) is 45.6 Å². The predicted molar refractivity (Wildman–Crippen MR) is 72.9 cm³/mol. The zero-order valence-corrected chi connectivity index (χ0v) is 11.9. The number of aromatic nitrogens is 1. The molecule has 0 radical (unpaired) electrons. The van der Waals surface area contributed by atoms with Gasteiger partial charge in [0, 0.05) is 25.2 Å². The van der Waals surface area contributed by atoms with Gasteiger partial charge >= 0.3 is 0 Å². The summed E-state index contributed by atoms with van der Waals surface area (Å²) < 4.78 is 5.18. The summed E-state index contributed by atoms with van der Waals surface area (Å²) in [6.45, 7) is 7.51. The molecule has 1 aromatic heterocycles. The van der Waals surface area contributed by atoms with E-state index >= 15 is 0 Å². The zero-order valence-electron chi connectivity index (χ0n) is 11.9. The summed E-state index contributed by atoms with van der Waals surface area (Å²) >= 11 is 0. The number of carbonyl (C=O) groups excluding carboxylic acids is 1. The Bertz CT molecular complexity index is 442. The van der Waals surface area contributed by atoms with Gasteiger partial charge in [-0.05, 0) is 24.7 Å². The van der Waals surface area contributed by atoms with Crippen molar-refractivity contribution in [1.82, 2.24) is 10.1 Å². The number of amides is 1. The van der Waals surface area contributed by atoms with Crippen molar-refractivity contribution in [2.75, 3.05) is 13.1 Å². The summed E-state index contributed by atoms with van der Waals surface area (Å²) in [7, 11) is 0. The molecule has 1 aliphatic rings. The first kappa shape index (κ1) is 14.1. The fraction of sp³-hybridized carbons (Fsp3) is 0.714. The van der Waals surface area contributed by atoms with E-state index in [9.17, 15) is 4.79 Å². The van der Waals surface area contributed by atoms with Gasteiger partial charge in [-0.2, -0.15) is 0 Å². The van der Waals surface area contributed by atoms with Gasteiger partial charge in [-0.1, -0.05) is 25.9 Å². The molecule has 1 amide bonds. The SMILES string of the molecule is CC1CCN(C(=O)c2cc(C(C)C)no2)C(CN)C1. The van der Waals surface area contributed by atoms with E-state index in [-0.39, 0.29) is 17.9 Å². The van der Waals surface area contributed by atoms with Crippen LogP contribution in [-0.4, -0.2) is 35.1 Å². The van der Waals surface area contributed by atoms with Gasteiger partial charge in [0.15, 0.2) is 0 Å². The molecular formula is C14H23N3O2. The normalized spacial score (nSPS) is 23.9. The number of likely N-dealkylation sites (tertiary alicyclic amines) is 1. The summed E-state index contributed by atoms with van der Waals surface area (Å²) in [6.07, 6.45) is 1.99. The maximum atomic E-state index is 12.4. The second kappa shape index (κ2) is 5.74. The Morgan fingerprint density at radius 2 is 2.37 bits per heavy atom. The topological polar surface area (TPSA) is 72.4 Å². The number of carbonyl (C=O) groups is 1. The molecule has 2 N–H and O–H groups in total. The first-order valence-corrected chi connectivity index (χ1v) is 7.00. The van der Waals surface area contributed by atoms with Crippen LogP contribution in [0.25, 0.3) is 0 Å². The molecule has 0 spiro atoms. The van der Waals surface area contributed by atoms with E-state index in [0.717, 1.165) is 25.1 Å². The quantitative estimate of drug-likeness (QED) is 0.907. The molecule has 2 unspecified atom stereocenters. The molecule has 2 atom stereocenters. The monoisotopic (exact) mass is 265 g/mol. The van der Waals surface area contributed by atoms with Crippen molar-refractivity contribution in [2.24, 2.45) is 11.7 Å². The lowest BCUT2D eigenvalue weighted by atomic mass is 9.92. The fourth-order valence-corrected chi connectivity index (χ4v) is 2.55. The lowest BCUT2D eigenvalue weighted by Gasteiger charge is -2.37. The van der Waals surface area contributed by atoms with E-state index in [2.05, 4.69) is 12.1 Å². The highest BCUT2D eigenvalue weighted by Gasteiger charge is 2.31. The first-order valence-electron chi connectivity index (χ1n) is 7.00. The largest absolute Gasteiger partial charge is 0.351 e. The average Bonchev–Trinajstić information content (AvgIpc) is 2.87. The fourth-order valence-electron chi connectivity index (χ4n) is 2.55. The van der Waals surface area contributed by atoms with Crippen LogP contribution in [0.3, 0.4) is 0 Å². The highest BCUT2D eigenvalue weighted by atomic mass is 16.5. The van der Waals surface area contributed by atoms with Gasteiger partial charge in [-0.3, -0.25) is 4.79 Å². The zero-order chi connectivity index (χ0) is 14.0. The van der Waals surface area contributed by atoms with Crippen LogP contribution in [-0.2, 0) is 0 Å². The minimum Gasteiger partial charge on any atom is -0.351 e. The van der Waals surface area contributed by atoms with Gasteiger partial charge < -0.3 is 15.2 Å². The summed E-state index contributed by atoms with van der Waals surface area (Å²) in [5.41, 5.74) is 6.60. The Labute approximate surface area is 114 Å². The Morgan fingerprint density at radius 3 is 2.95 bits per heavy atom. The second-order valence-corrected chi connectivity index (χ2v) is 5.79. The van der Waals surface area contributed by atoms with Crippen LogP contribution in [0, 0.1) is 5.92 Å². The molecule has 1 aliphatic heterocycles. The maximum absolute atomic E-state index is 12.4. The van der Waals surface area contributed by atoms with E-state index in [1.165, 1.54) is 0 Å². The number of piperidine rings is 1. The average molecular weight is 265 g/mol. The van der Waals surface area contributed by atoms with Gasteiger partial charge in [-0.15, -0.1) is 0 Å². The molecule has 1 aromatic rings. The van der Waals surface area contributed by atoms with Crippen molar-refractivity contribution in [3.63, 3.8) is 0 Å². The van der Waals surface area contributed by atoms with Crippen LogP contribution in [0.2, 0.25) is 0 Å². The predicted octanol–water partition coefficient (Wildman–Crippen LogP) is 2.00. The molecule has 0 aliphatic carbocycles. The van der Waals surface area contributed by atoms with Crippen molar-refractivity contribution in [1.29, 1.82) is 0 Å². The van der Waals surface area contributed by atoms with Gasteiger partial charge in [0.2, 0.25) is 5.76 Å². The third kappa shape index (κ3) is 2.97. The molecule has 2 heterocycles. The summed E-state index contributed by atoms with van der Waals surface area (Å²) in [5, 5.41) is 3.94. The van der Waals surface area contributed by atoms with E-state index in [4.69, 9.17) is 10.3 Å².